The number of aliphatic hydroxyl groups is 1. The highest BCUT2D eigenvalue weighted by Gasteiger charge is 2.43. The highest BCUT2D eigenvalue weighted by Crippen LogP contribution is 2.16. The van der Waals surface area contributed by atoms with Crippen molar-refractivity contribution in [2.75, 3.05) is 19.6 Å². The van der Waals surface area contributed by atoms with Crippen LogP contribution in [0.1, 0.15) is 0 Å². The molecule has 1 saturated heterocycles. The minimum absolute atomic E-state index is 0.461. The molecule has 4 amide bonds. The van der Waals surface area contributed by atoms with Gasteiger partial charge in [-0.3, -0.25) is 9.80 Å². The number of rotatable bonds is 3. The van der Waals surface area contributed by atoms with Crippen LogP contribution in [0, 0.1) is 34.0 Å². The number of hydrogen-bond donors (Lipinski definition) is 1. The highest BCUT2D eigenvalue weighted by atomic mass is 16.3. The SMILES string of the molecule is N#CCN1C(=O)N(CC#N)C(O)N(CC#N)C1=O. The van der Waals surface area contributed by atoms with Crippen LogP contribution in [-0.2, 0) is 0 Å². The lowest BCUT2D eigenvalue weighted by molar-refractivity contribution is -0.0821. The summed E-state index contributed by atoms with van der Waals surface area (Å²) < 4.78 is 0. The predicted octanol–water partition coefficient (Wildman–Crippen LogP) is -1.01. The van der Waals surface area contributed by atoms with Gasteiger partial charge in [0.15, 0.2) is 0 Å². The van der Waals surface area contributed by atoms with Crippen molar-refractivity contribution in [1.29, 1.82) is 15.8 Å². The molecule has 0 aromatic heterocycles. The van der Waals surface area contributed by atoms with E-state index in [0.717, 1.165) is 0 Å². The first-order valence-electron chi connectivity index (χ1n) is 4.76. The summed E-state index contributed by atoms with van der Waals surface area (Å²) in [5.41, 5.74) is 0. The molecule has 18 heavy (non-hydrogen) atoms. The monoisotopic (exact) mass is 248 g/mol. The van der Waals surface area contributed by atoms with Gasteiger partial charge in [-0.1, -0.05) is 0 Å². The van der Waals surface area contributed by atoms with E-state index in [4.69, 9.17) is 15.8 Å². The third kappa shape index (κ3) is 2.14. The van der Waals surface area contributed by atoms with Gasteiger partial charge in [0.2, 0.25) is 6.35 Å². The minimum atomic E-state index is -1.68. The Morgan fingerprint density at radius 2 is 1.33 bits per heavy atom. The molecule has 1 rings (SSSR count). The molecule has 0 aromatic rings. The fraction of sp³-hybridized carbons (Fsp3) is 0.444. The second kappa shape index (κ2) is 5.48. The Kier molecular flexibility index (Phi) is 4.03. The molecular weight excluding hydrogens is 240 g/mol. The van der Waals surface area contributed by atoms with Crippen LogP contribution >= 0.6 is 0 Å². The molecule has 1 aliphatic heterocycles. The number of amides is 4. The second-order valence-electron chi connectivity index (χ2n) is 3.23. The fourth-order valence-corrected chi connectivity index (χ4v) is 1.41. The van der Waals surface area contributed by atoms with E-state index in [1.165, 1.54) is 0 Å². The predicted molar refractivity (Wildman–Crippen MR) is 53.8 cm³/mol. The quantitative estimate of drug-likeness (QED) is 0.635. The number of hydrogen-bond acceptors (Lipinski definition) is 6. The van der Waals surface area contributed by atoms with Gasteiger partial charge in [0, 0.05) is 0 Å². The lowest BCUT2D eigenvalue weighted by Gasteiger charge is -2.41. The molecule has 0 aliphatic carbocycles. The molecule has 9 nitrogen and oxygen atoms in total. The molecule has 9 heteroatoms. The first-order chi connectivity index (χ1) is 8.58. The number of nitrogens with zero attached hydrogens (tertiary/aromatic N) is 6. The standard InChI is InChI=1S/C9H8N6O3/c10-1-4-13-7(16)14(5-2-11)9(18)15(6-3-12)8(13)17/h7,16H,4-6H2. The summed E-state index contributed by atoms with van der Waals surface area (Å²) in [6.07, 6.45) is -1.68. The number of carbonyl (C=O) groups is 2. The van der Waals surface area contributed by atoms with Gasteiger partial charge in [0.05, 0.1) is 18.2 Å². The fourth-order valence-electron chi connectivity index (χ4n) is 1.41. The summed E-state index contributed by atoms with van der Waals surface area (Å²) in [4.78, 5) is 25.4. The van der Waals surface area contributed by atoms with E-state index in [1.807, 2.05) is 0 Å². The number of carbonyl (C=O) groups excluding carboxylic acids is 2. The largest absolute Gasteiger partial charge is 0.356 e. The van der Waals surface area contributed by atoms with Crippen LogP contribution in [0.4, 0.5) is 9.59 Å². The van der Waals surface area contributed by atoms with Gasteiger partial charge in [-0.15, -0.1) is 0 Å². The molecule has 0 radical (unpaired) electrons. The lowest BCUT2D eigenvalue weighted by Crippen LogP contribution is -2.66. The van der Waals surface area contributed by atoms with Crippen LogP contribution in [0.25, 0.3) is 0 Å². The van der Waals surface area contributed by atoms with Crippen LogP contribution in [0.2, 0.25) is 0 Å². The van der Waals surface area contributed by atoms with Crippen LogP contribution in [0.15, 0.2) is 0 Å². The van der Waals surface area contributed by atoms with Crippen molar-refractivity contribution >= 4 is 12.1 Å². The zero-order chi connectivity index (χ0) is 13.7. The van der Waals surface area contributed by atoms with Gasteiger partial charge in [0.25, 0.3) is 0 Å². The van der Waals surface area contributed by atoms with Gasteiger partial charge < -0.3 is 5.11 Å². The Balaban J connectivity index is 3.08. The molecule has 92 valence electrons. The summed E-state index contributed by atoms with van der Waals surface area (Å²) in [6.45, 7) is -1.44. The Morgan fingerprint density at radius 3 is 1.67 bits per heavy atom. The van der Waals surface area contributed by atoms with Crippen molar-refractivity contribution in [3.05, 3.63) is 0 Å². The number of imide groups is 1. The molecule has 1 aliphatic rings. The molecule has 0 saturated carbocycles. The van der Waals surface area contributed by atoms with Crippen molar-refractivity contribution in [3.63, 3.8) is 0 Å². The molecular formula is C9H8N6O3. The first-order valence-corrected chi connectivity index (χ1v) is 4.76. The third-order valence-electron chi connectivity index (χ3n) is 2.22. The van der Waals surface area contributed by atoms with E-state index >= 15 is 0 Å². The molecule has 0 atom stereocenters. The van der Waals surface area contributed by atoms with E-state index in [2.05, 4.69) is 0 Å². The summed E-state index contributed by atoms with van der Waals surface area (Å²) in [5.74, 6) is 0. The van der Waals surface area contributed by atoms with Crippen LogP contribution in [0.3, 0.4) is 0 Å². The maximum Gasteiger partial charge on any atom is 0.333 e. The van der Waals surface area contributed by atoms with E-state index < -0.39 is 38.0 Å². The second-order valence-corrected chi connectivity index (χ2v) is 3.23. The zero-order valence-electron chi connectivity index (χ0n) is 9.15. The molecule has 0 aromatic carbocycles. The van der Waals surface area contributed by atoms with E-state index in [0.29, 0.717) is 14.7 Å². The van der Waals surface area contributed by atoms with Crippen molar-refractivity contribution in [3.8, 4) is 18.2 Å². The molecule has 1 heterocycles. The smallest absolute Gasteiger partial charge is 0.333 e. The topological polar surface area (TPSA) is 135 Å². The molecule has 0 spiro atoms. The van der Waals surface area contributed by atoms with E-state index in [9.17, 15) is 14.7 Å². The van der Waals surface area contributed by atoms with Crippen molar-refractivity contribution in [2.45, 2.75) is 6.35 Å². The summed E-state index contributed by atoms with van der Waals surface area (Å²) in [7, 11) is 0. The van der Waals surface area contributed by atoms with E-state index in [-0.39, 0.29) is 0 Å². The van der Waals surface area contributed by atoms with Crippen molar-refractivity contribution < 1.29 is 14.7 Å². The van der Waals surface area contributed by atoms with Gasteiger partial charge in [0.1, 0.15) is 19.6 Å². The Labute approximate surface area is 102 Å². The zero-order valence-corrected chi connectivity index (χ0v) is 9.15. The maximum atomic E-state index is 11.7. The number of urea groups is 2. The maximum absolute atomic E-state index is 11.7. The van der Waals surface area contributed by atoms with Gasteiger partial charge in [-0.05, 0) is 0 Å². The summed E-state index contributed by atoms with van der Waals surface area (Å²) in [6, 6.07) is 3.05. The average molecular weight is 248 g/mol. The molecule has 1 N–H and O–H groups in total. The van der Waals surface area contributed by atoms with Crippen molar-refractivity contribution in [2.24, 2.45) is 0 Å². The Hall–Kier alpha value is -2.83. The summed E-state index contributed by atoms with van der Waals surface area (Å²) >= 11 is 0. The van der Waals surface area contributed by atoms with Crippen LogP contribution < -0.4 is 0 Å². The Morgan fingerprint density at radius 1 is 0.944 bits per heavy atom. The minimum Gasteiger partial charge on any atom is -0.356 e. The third-order valence-corrected chi connectivity index (χ3v) is 2.22. The van der Waals surface area contributed by atoms with Crippen LogP contribution in [-0.4, -0.2) is 57.9 Å². The highest BCUT2D eigenvalue weighted by molar-refractivity contribution is 5.96. The molecule has 0 bridgehead atoms. The Bertz CT molecular complexity index is 448. The normalized spacial score (nSPS) is 16.2. The van der Waals surface area contributed by atoms with E-state index in [1.54, 1.807) is 18.2 Å². The number of nitriles is 3. The summed E-state index contributed by atoms with van der Waals surface area (Å²) in [5, 5.41) is 35.3. The molecule has 1 fully saturated rings. The van der Waals surface area contributed by atoms with Gasteiger partial charge in [-0.25, -0.2) is 14.5 Å². The average Bonchev–Trinajstić information content (AvgIpc) is 2.35. The van der Waals surface area contributed by atoms with Gasteiger partial charge >= 0.3 is 12.1 Å². The van der Waals surface area contributed by atoms with Crippen molar-refractivity contribution in [1.82, 2.24) is 14.7 Å². The number of aliphatic hydroxyl groups excluding tert-OH is 1. The molecule has 0 unspecified atom stereocenters. The van der Waals surface area contributed by atoms with Crippen LogP contribution in [0.5, 0.6) is 0 Å². The van der Waals surface area contributed by atoms with Gasteiger partial charge in [-0.2, -0.15) is 15.8 Å². The first kappa shape index (κ1) is 13.2. The lowest BCUT2D eigenvalue weighted by atomic mass is 10.4.